The molecule has 2 aromatic carbocycles. The van der Waals surface area contributed by atoms with Crippen molar-refractivity contribution in [1.82, 2.24) is 9.47 Å². The minimum absolute atomic E-state index is 0.195. The van der Waals surface area contributed by atoms with Gasteiger partial charge in [0, 0.05) is 29.9 Å². The van der Waals surface area contributed by atoms with Gasteiger partial charge in [0.2, 0.25) is 0 Å². The molecule has 242 valence electrons. The van der Waals surface area contributed by atoms with E-state index >= 15 is 0 Å². The SMILES string of the molecule is CCCCCCCCN1C(=O)C(=c2sc(=Cc3ccc4c(c3)C3CCCC3N4c3ccccc3)c(=O)n2CC(=O)OCC)SC1=S. The van der Waals surface area contributed by atoms with Crippen molar-refractivity contribution < 1.29 is 14.3 Å². The van der Waals surface area contributed by atoms with Crippen molar-refractivity contribution in [3.63, 3.8) is 0 Å². The molecule has 1 aliphatic carbocycles. The third-order valence-corrected chi connectivity index (χ3v) is 11.8. The van der Waals surface area contributed by atoms with Crippen LogP contribution in [0.15, 0.2) is 53.3 Å². The highest BCUT2D eigenvalue weighted by Crippen LogP contribution is 2.52. The minimum atomic E-state index is -0.511. The Morgan fingerprint density at radius 2 is 1.80 bits per heavy atom. The zero-order chi connectivity index (χ0) is 32.2. The van der Waals surface area contributed by atoms with E-state index in [1.54, 1.807) is 11.8 Å². The van der Waals surface area contributed by atoms with E-state index in [-0.39, 0.29) is 24.6 Å². The second-order valence-corrected chi connectivity index (χ2v) is 14.8. The minimum Gasteiger partial charge on any atom is -0.465 e. The van der Waals surface area contributed by atoms with Crippen LogP contribution >= 0.6 is 35.3 Å². The summed E-state index contributed by atoms with van der Waals surface area (Å²) >= 11 is 8.08. The standard InChI is InChI=1S/C36H41N3O4S3/c1-3-5-6-7-8-12-20-37-34(42)32(46-36(37)44)35-38(23-31(40)43-4-2)33(41)30(45-35)22-24-18-19-29-27(21-24)26-16-13-17-28(26)39(29)25-14-10-9-11-15-25/h9-11,14-15,18-19,21-22,26,28H,3-8,12-13,16-17,20,23H2,1-2H3. The van der Waals surface area contributed by atoms with Gasteiger partial charge in [0.15, 0.2) is 0 Å². The number of aromatic nitrogens is 1. The topological polar surface area (TPSA) is 71.9 Å². The molecule has 1 aromatic heterocycles. The second kappa shape index (κ2) is 14.7. The van der Waals surface area contributed by atoms with Crippen molar-refractivity contribution in [2.75, 3.05) is 18.1 Å². The number of ether oxygens (including phenoxy) is 1. The molecule has 2 atom stereocenters. The highest BCUT2D eigenvalue weighted by atomic mass is 32.2. The lowest BCUT2D eigenvalue weighted by molar-refractivity contribution is -0.143. The van der Waals surface area contributed by atoms with E-state index in [1.807, 2.05) is 12.1 Å². The van der Waals surface area contributed by atoms with Crippen LogP contribution in [0.25, 0.3) is 11.0 Å². The predicted molar refractivity (Wildman–Crippen MR) is 192 cm³/mol. The molecule has 2 fully saturated rings. The molecule has 0 bridgehead atoms. The number of thiazole rings is 1. The normalized spacial score (nSPS) is 20.5. The summed E-state index contributed by atoms with van der Waals surface area (Å²) in [5.74, 6) is -0.257. The molecule has 1 saturated heterocycles. The number of hydrogen-bond donors (Lipinski definition) is 0. The zero-order valence-corrected chi connectivity index (χ0v) is 29.0. The van der Waals surface area contributed by atoms with Gasteiger partial charge in [0.1, 0.15) is 20.4 Å². The van der Waals surface area contributed by atoms with Crippen molar-refractivity contribution in [2.24, 2.45) is 0 Å². The Balaban J connectivity index is 1.35. The van der Waals surface area contributed by atoms with E-state index in [4.69, 9.17) is 17.0 Å². The molecular formula is C36H41N3O4S3. The molecule has 2 aliphatic heterocycles. The van der Waals surface area contributed by atoms with E-state index in [9.17, 15) is 14.4 Å². The number of rotatable bonds is 12. The number of thioether (sulfide) groups is 1. The summed E-state index contributed by atoms with van der Waals surface area (Å²) in [6.45, 7) is 4.45. The van der Waals surface area contributed by atoms with Gasteiger partial charge < -0.3 is 9.64 Å². The summed E-state index contributed by atoms with van der Waals surface area (Å²) in [6, 6.07) is 17.4. The second-order valence-electron chi connectivity index (χ2n) is 12.2. The van der Waals surface area contributed by atoms with Gasteiger partial charge >= 0.3 is 5.97 Å². The number of anilines is 2. The fraction of sp³-hybridized carbons (Fsp3) is 0.444. The molecule has 0 radical (unpaired) electrons. The molecule has 0 N–H and O–H groups in total. The van der Waals surface area contributed by atoms with Gasteiger partial charge in [0.05, 0.1) is 11.1 Å². The van der Waals surface area contributed by atoms with Crippen LogP contribution in [0.2, 0.25) is 0 Å². The number of carbonyl (C=O) groups excluding carboxylic acids is 2. The number of nitrogens with zero attached hydrogens (tertiary/aromatic N) is 3. The zero-order valence-electron chi connectivity index (χ0n) is 26.5. The van der Waals surface area contributed by atoms with Crippen LogP contribution in [-0.2, 0) is 20.9 Å². The van der Waals surface area contributed by atoms with Crippen LogP contribution < -0.4 is 19.7 Å². The van der Waals surface area contributed by atoms with Gasteiger partial charge in [-0.25, -0.2) is 0 Å². The Labute approximate surface area is 283 Å². The van der Waals surface area contributed by atoms with E-state index < -0.39 is 5.97 Å². The lowest BCUT2D eigenvalue weighted by atomic mass is 9.96. The van der Waals surface area contributed by atoms with Gasteiger partial charge in [-0.15, -0.1) is 11.3 Å². The molecule has 6 rings (SSSR count). The summed E-state index contributed by atoms with van der Waals surface area (Å²) in [6.07, 6.45) is 12.1. The summed E-state index contributed by atoms with van der Waals surface area (Å²) in [5, 5.41) is 0. The Morgan fingerprint density at radius 1 is 1.02 bits per heavy atom. The first-order valence-corrected chi connectivity index (χ1v) is 18.6. The predicted octanol–water partition coefficient (Wildman–Crippen LogP) is 6.42. The average Bonchev–Trinajstić information content (AvgIpc) is 3.79. The van der Waals surface area contributed by atoms with Gasteiger partial charge in [-0.1, -0.05) is 93.7 Å². The maximum absolute atomic E-state index is 13.9. The van der Waals surface area contributed by atoms with Crippen molar-refractivity contribution in [2.45, 2.75) is 90.1 Å². The largest absolute Gasteiger partial charge is 0.465 e. The number of amides is 1. The number of para-hydroxylation sites is 1. The number of carbonyl (C=O) groups is 2. The third kappa shape index (κ3) is 6.62. The number of thiocarbonyl (C=S) groups is 1. The number of benzene rings is 2. The fourth-order valence-corrected chi connectivity index (χ4v) is 9.54. The van der Waals surface area contributed by atoms with E-state index in [1.165, 1.54) is 70.3 Å². The first-order chi connectivity index (χ1) is 22.4. The monoisotopic (exact) mass is 675 g/mol. The third-order valence-electron chi connectivity index (χ3n) is 9.13. The van der Waals surface area contributed by atoms with E-state index in [0.717, 1.165) is 37.7 Å². The molecule has 0 spiro atoms. The fourth-order valence-electron chi connectivity index (χ4n) is 6.98. The highest BCUT2D eigenvalue weighted by molar-refractivity contribution is 8.30. The molecule has 3 aliphatic rings. The Morgan fingerprint density at radius 3 is 2.59 bits per heavy atom. The molecule has 3 aromatic rings. The van der Waals surface area contributed by atoms with Crippen LogP contribution in [0.5, 0.6) is 0 Å². The first kappa shape index (κ1) is 32.7. The average molecular weight is 676 g/mol. The Bertz CT molecular complexity index is 1800. The van der Waals surface area contributed by atoms with Crippen molar-refractivity contribution in [3.8, 4) is 0 Å². The van der Waals surface area contributed by atoms with Crippen LogP contribution in [0.3, 0.4) is 0 Å². The smallest absolute Gasteiger partial charge is 0.326 e. The lowest BCUT2D eigenvalue weighted by Gasteiger charge is -2.27. The van der Waals surface area contributed by atoms with Crippen molar-refractivity contribution in [1.29, 1.82) is 0 Å². The molecule has 3 heterocycles. The van der Waals surface area contributed by atoms with Gasteiger partial charge in [0.25, 0.3) is 11.5 Å². The Kier molecular flexibility index (Phi) is 10.5. The maximum Gasteiger partial charge on any atom is 0.326 e. The van der Waals surface area contributed by atoms with Crippen LogP contribution in [0.4, 0.5) is 11.4 Å². The molecule has 1 saturated carbocycles. The molecule has 10 heteroatoms. The van der Waals surface area contributed by atoms with Crippen LogP contribution in [-0.4, -0.2) is 44.9 Å². The van der Waals surface area contributed by atoms with Gasteiger partial charge in [-0.2, -0.15) is 0 Å². The summed E-state index contributed by atoms with van der Waals surface area (Å²) in [7, 11) is 0. The molecule has 1 amide bonds. The van der Waals surface area contributed by atoms with Crippen molar-refractivity contribution >= 4 is 73.9 Å². The van der Waals surface area contributed by atoms with E-state index in [0.29, 0.717) is 36.9 Å². The van der Waals surface area contributed by atoms with Crippen LogP contribution in [0.1, 0.15) is 88.7 Å². The number of fused-ring (bicyclic) bond motifs is 3. The summed E-state index contributed by atoms with van der Waals surface area (Å²) in [4.78, 5) is 44.6. The lowest BCUT2D eigenvalue weighted by Crippen LogP contribution is -2.36. The number of hydrogen-bond acceptors (Lipinski definition) is 8. The number of unbranched alkanes of at least 4 members (excludes halogenated alkanes) is 5. The summed E-state index contributed by atoms with van der Waals surface area (Å²) < 4.78 is 8.02. The highest BCUT2D eigenvalue weighted by Gasteiger charge is 2.42. The molecule has 7 nitrogen and oxygen atoms in total. The quantitative estimate of drug-likeness (QED) is 0.125. The van der Waals surface area contributed by atoms with Crippen LogP contribution in [0, 0.1) is 0 Å². The van der Waals surface area contributed by atoms with Gasteiger partial charge in [-0.05, 0) is 67.7 Å². The van der Waals surface area contributed by atoms with Crippen molar-refractivity contribution in [3.05, 3.63) is 79.2 Å². The summed E-state index contributed by atoms with van der Waals surface area (Å²) in [5.41, 5.74) is 4.38. The van der Waals surface area contributed by atoms with E-state index in [2.05, 4.69) is 54.3 Å². The molecule has 2 unspecified atom stereocenters. The maximum atomic E-state index is 13.9. The first-order valence-electron chi connectivity index (χ1n) is 16.5. The number of esters is 1. The van der Waals surface area contributed by atoms with Gasteiger partial charge in [-0.3, -0.25) is 23.9 Å². The Hall–Kier alpha value is -3.21. The molecular weight excluding hydrogens is 635 g/mol. The molecule has 46 heavy (non-hydrogen) atoms.